The van der Waals surface area contributed by atoms with Crippen LogP contribution in [-0.4, -0.2) is 49.0 Å². The van der Waals surface area contributed by atoms with Crippen LogP contribution in [-0.2, 0) is 16.6 Å². The van der Waals surface area contributed by atoms with Crippen LogP contribution in [0.1, 0.15) is 47.4 Å². The number of imidazole rings is 1. The van der Waals surface area contributed by atoms with Crippen molar-refractivity contribution in [2.24, 2.45) is 0 Å². The maximum Gasteiger partial charge on any atom is 0.257 e. The Labute approximate surface area is 200 Å². The summed E-state index contributed by atoms with van der Waals surface area (Å²) >= 11 is 0. The van der Waals surface area contributed by atoms with E-state index < -0.39 is 10.0 Å². The first kappa shape index (κ1) is 24.0. The summed E-state index contributed by atoms with van der Waals surface area (Å²) in [6, 6.07) is 12.0. The average Bonchev–Trinajstić information content (AvgIpc) is 3.10. The van der Waals surface area contributed by atoms with Crippen LogP contribution in [0.2, 0.25) is 0 Å². The van der Waals surface area contributed by atoms with Gasteiger partial charge in [-0.25, -0.2) is 18.1 Å². The van der Waals surface area contributed by atoms with Crippen LogP contribution in [0.25, 0.3) is 5.69 Å². The third kappa shape index (κ3) is 5.31. The summed E-state index contributed by atoms with van der Waals surface area (Å²) < 4.78 is 36.0. The fourth-order valence-corrected chi connectivity index (χ4v) is 5.20. The number of nitrogens with one attached hydrogen (secondary N) is 1. The lowest BCUT2D eigenvalue weighted by Crippen LogP contribution is -2.32. The van der Waals surface area contributed by atoms with E-state index in [0.717, 1.165) is 42.8 Å². The Hall–Kier alpha value is -3.17. The normalized spacial score (nSPS) is 14.6. The van der Waals surface area contributed by atoms with Crippen molar-refractivity contribution in [3.63, 3.8) is 0 Å². The SMILES string of the molecule is COc1ccc(S(=O)(=O)NCc2ccc(-n3ccnc3C)cc2)cc1C(=O)N1CCCCCC1. The number of nitrogens with zero attached hydrogens (tertiary/aromatic N) is 3. The van der Waals surface area contributed by atoms with Gasteiger partial charge in [-0.05, 0) is 55.7 Å². The van der Waals surface area contributed by atoms with Crippen molar-refractivity contribution in [3.8, 4) is 11.4 Å². The Bertz CT molecular complexity index is 1240. The zero-order valence-electron chi connectivity index (χ0n) is 19.5. The molecule has 0 atom stereocenters. The molecule has 0 bridgehead atoms. The van der Waals surface area contributed by atoms with Gasteiger partial charge in [0.1, 0.15) is 11.6 Å². The zero-order chi connectivity index (χ0) is 24.1. The number of hydrogen-bond acceptors (Lipinski definition) is 5. The number of aromatic nitrogens is 2. The van der Waals surface area contributed by atoms with Crippen molar-refractivity contribution in [2.45, 2.75) is 44.0 Å². The second-order valence-electron chi connectivity index (χ2n) is 8.40. The highest BCUT2D eigenvalue weighted by atomic mass is 32.2. The lowest BCUT2D eigenvalue weighted by molar-refractivity contribution is 0.0758. The summed E-state index contributed by atoms with van der Waals surface area (Å²) in [6.45, 7) is 3.40. The summed E-state index contributed by atoms with van der Waals surface area (Å²) in [5.41, 5.74) is 2.04. The molecule has 4 rings (SSSR count). The first-order valence-corrected chi connectivity index (χ1v) is 12.9. The minimum absolute atomic E-state index is 0.0390. The number of ether oxygens (including phenoxy) is 1. The van der Waals surface area contributed by atoms with Gasteiger partial charge in [-0.3, -0.25) is 4.79 Å². The molecule has 1 amide bonds. The predicted octanol–water partition coefficient (Wildman–Crippen LogP) is 3.68. The van der Waals surface area contributed by atoms with Gasteiger partial charge in [-0.1, -0.05) is 25.0 Å². The molecule has 0 unspecified atom stereocenters. The number of carbonyl (C=O) groups is 1. The largest absolute Gasteiger partial charge is 0.496 e. The van der Waals surface area contributed by atoms with Crippen LogP contribution in [0.5, 0.6) is 5.75 Å². The molecule has 2 aromatic carbocycles. The standard InChI is InChI=1S/C25H30N4O4S/c1-19-26-13-16-29(19)21-9-7-20(8-10-21)18-27-34(31,32)22-11-12-24(33-2)23(17-22)25(30)28-14-5-3-4-6-15-28/h7-13,16-17,27H,3-6,14-15,18H2,1-2H3. The number of hydrogen-bond donors (Lipinski definition) is 1. The van der Waals surface area contributed by atoms with E-state index in [0.29, 0.717) is 18.8 Å². The van der Waals surface area contributed by atoms with Gasteiger partial charge >= 0.3 is 0 Å². The third-order valence-corrected chi connectivity index (χ3v) is 7.51. The summed E-state index contributed by atoms with van der Waals surface area (Å²) in [4.78, 5) is 19.2. The van der Waals surface area contributed by atoms with Gasteiger partial charge in [0.2, 0.25) is 10.0 Å². The molecular formula is C25H30N4O4S. The van der Waals surface area contributed by atoms with E-state index >= 15 is 0 Å². The monoisotopic (exact) mass is 482 g/mol. The Morgan fingerprint density at radius 3 is 2.38 bits per heavy atom. The van der Waals surface area contributed by atoms with Crippen LogP contribution in [0.15, 0.2) is 59.8 Å². The third-order valence-electron chi connectivity index (χ3n) is 6.11. The highest BCUT2D eigenvalue weighted by Crippen LogP contribution is 2.25. The second-order valence-corrected chi connectivity index (χ2v) is 10.2. The van der Waals surface area contributed by atoms with Crippen LogP contribution >= 0.6 is 0 Å². The molecule has 9 heteroatoms. The fraction of sp³-hybridized carbons (Fsp3) is 0.360. The molecule has 1 aromatic heterocycles. The minimum atomic E-state index is -3.83. The maximum absolute atomic E-state index is 13.2. The van der Waals surface area contributed by atoms with Crippen molar-refractivity contribution in [1.82, 2.24) is 19.2 Å². The van der Waals surface area contributed by atoms with Crippen LogP contribution < -0.4 is 9.46 Å². The summed E-state index contributed by atoms with van der Waals surface area (Å²) in [7, 11) is -2.35. The number of methoxy groups -OCH3 is 1. The van der Waals surface area contributed by atoms with Gasteiger partial charge < -0.3 is 14.2 Å². The molecular weight excluding hydrogens is 452 g/mol. The lowest BCUT2D eigenvalue weighted by Gasteiger charge is -2.22. The molecule has 1 fully saturated rings. The molecule has 3 aromatic rings. The summed E-state index contributed by atoms with van der Waals surface area (Å²) in [5, 5.41) is 0. The molecule has 1 aliphatic rings. The molecule has 34 heavy (non-hydrogen) atoms. The molecule has 0 aliphatic carbocycles. The number of rotatable bonds is 7. The highest BCUT2D eigenvalue weighted by Gasteiger charge is 2.24. The van der Waals surface area contributed by atoms with Gasteiger partial charge in [0.25, 0.3) is 5.91 Å². The van der Waals surface area contributed by atoms with Gasteiger partial charge in [-0.2, -0.15) is 0 Å². The fourth-order valence-electron chi connectivity index (χ4n) is 4.15. The molecule has 1 saturated heterocycles. The molecule has 0 saturated carbocycles. The Morgan fingerprint density at radius 1 is 1.06 bits per heavy atom. The van der Waals surface area contributed by atoms with Gasteiger partial charge in [0.05, 0.1) is 17.6 Å². The topological polar surface area (TPSA) is 93.5 Å². The number of aryl methyl sites for hydroxylation is 1. The van der Waals surface area contributed by atoms with Gasteiger partial charge in [0, 0.05) is 37.7 Å². The Balaban J connectivity index is 1.50. The summed E-state index contributed by atoms with van der Waals surface area (Å²) in [5.74, 6) is 1.05. The first-order chi connectivity index (χ1) is 16.4. The number of carbonyl (C=O) groups excluding carboxylic acids is 1. The molecule has 1 aliphatic heterocycles. The average molecular weight is 483 g/mol. The van der Waals surface area contributed by atoms with Crippen molar-refractivity contribution >= 4 is 15.9 Å². The van der Waals surface area contributed by atoms with Gasteiger partial charge in [-0.15, -0.1) is 0 Å². The van der Waals surface area contributed by atoms with E-state index in [9.17, 15) is 13.2 Å². The number of likely N-dealkylation sites (tertiary alicyclic amines) is 1. The maximum atomic E-state index is 13.2. The van der Waals surface area contributed by atoms with E-state index in [1.807, 2.05) is 42.0 Å². The predicted molar refractivity (Wildman–Crippen MR) is 130 cm³/mol. The molecule has 8 nitrogen and oxygen atoms in total. The quantitative estimate of drug-likeness (QED) is 0.554. The van der Waals surface area contributed by atoms with E-state index in [4.69, 9.17) is 4.74 Å². The Morgan fingerprint density at radius 2 is 1.76 bits per heavy atom. The zero-order valence-corrected chi connectivity index (χ0v) is 20.3. The van der Waals surface area contributed by atoms with Crippen LogP contribution in [0.3, 0.4) is 0 Å². The van der Waals surface area contributed by atoms with E-state index in [2.05, 4.69) is 9.71 Å². The number of benzene rings is 2. The molecule has 0 spiro atoms. The molecule has 2 heterocycles. The lowest BCUT2D eigenvalue weighted by atomic mass is 10.1. The van der Waals surface area contributed by atoms with E-state index in [1.54, 1.807) is 17.2 Å². The molecule has 0 radical (unpaired) electrons. The first-order valence-electron chi connectivity index (χ1n) is 11.5. The number of sulfonamides is 1. The highest BCUT2D eigenvalue weighted by molar-refractivity contribution is 7.89. The molecule has 180 valence electrons. The Kier molecular flexibility index (Phi) is 7.33. The smallest absolute Gasteiger partial charge is 0.257 e. The van der Waals surface area contributed by atoms with Crippen molar-refractivity contribution in [3.05, 3.63) is 71.8 Å². The van der Waals surface area contributed by atoms with Crippen molar-refractivity contribution in [2.75, 3.05) is 20.2 Å². The summed E-state index contributed by atoms with van der Waals surface area (Å²) in [6.07, 6.45) is 7.71. The van der Waals surface area contributed by atoms with Crippen molar-refractivity contribution < 1.29 is 17.9 Å². The van der Waals surface area contributed by atoms with E-state index in [1.165, 1.54) is 19.2 Å². The van der Waals surface area contributed by atoms with Crippen LogP contribution in [0, 0.1) is 6.92 Å². The van der Waals surface area contributed by atoms with E-state index in [-0.39, 0.29) is 22.9 Å². The second kappa shape index (κ2) is 10.4. The molecule has 1 N–H and O–H groups in total. The number of amides is 1. The minimum Gasteiger partial charge on any atom is -0.496 e. The van der Waals surface area contributed by atoms with Crippen molar-refractivity contribution in [1.29, 1.82) is 0 Å². The van der Waals surface area contributed by atoms with Gasteiger partial charge in [0.15, 0.2) is 0 Å². The van der Waals surface area contributed by atoms with Crippen LogP contribution in [0.4, 0.5) is 0 Å².